The molecule has 1 aromatic heterocycles. The lowest BCUT2D eigenvalue weighted by molar-refractivity contribution is -0.694. The Hall–Kier alpha value is -3.77. The quantitative estimate of drug-likeness (QED) is 0.156. The number of aliphatic hydroxyl groups excluding tert-OH is 1. The number of quaternary nitrogens is 1. The van der Waals surface area contributed by atoms with Crippen molar-refractivity contribution < 1.29 is 39.9 Å². The fourth-order valence-electron chi connectivity index (χ4n) is 2.60. The number of nitrogens with one attached hydrogen (secondary N) is 1. The number of aliphatic carboxylic acids is 2. The molecule has 0 radical (unpaired) electrons. The van der Waals surface area contributed by atoms with Crippen LogP contribution in [0.2, 0.25) is 0 Å². The molecular formula is C20H26N4O8. The first-order valence-corrected chi connectivity index (χ1v) is 9.61. The van der Waals surface area contributed by atoms with E-state index in [0.29, 0.717) is 12.4 Å². The second kappa shape index (κ2) is 13.5. The largest absolute Gasteiger partial charge is 0.539 e. The van der Waals surface area contributed by atoms with Crippen LogP contribution in [0.15, 0.2) is 42.5 Å². The summed E-state index contributed by atoms with van der Waals surface area (Å²) in [4.78, 5) is 32.7. The van der Waals surface area contributed by atoms with Gasteiger partial charge in [0.05, 0.1) is 18.6 Å². The summed E-state index contributed by atoms with van der Waals surface area (Å²) in [7, 11) is 1.46. The van der Waals surface area contributed by atoms with Gasteiger partial charge < -0.3 is 35.5 Å². The minimum absolute atomic E-state index is 0.0154. The highest BCUT2D eigenvalue weighted by atomic mass is 16.6. The Morgan fingerprint density at radius 2 is 1.88 bits per heavy atom. The standard InChI is InChI=1S/C18H24N4O4.C2H2O4/c1-13(17(23)14-7-4-3-5-8-14)19-11-6-12-20-18-15(22(24)25)9-10-16(21-18)26-2;3-1(4)2(5)6/h3-5,7-10,13,17,19,23H,6,11-12H2,1-2H3,(H,20,21);(H,3,4)(H,5,6). The highest BCUT2D eigenvalue weighted by Gasteiger charge is 2.19. The van der Waals surface area contributed by atoms with Crippen molar-refractivity contribution in [3.63, 3.8) is 0 Å². The van der Waals surface area contributed by atoms with Crippen LogP contribution in [0.25, 0.3) is 0 Å². The number of carboxylic acid groups (broad SMARTS) is 2. The van der Waals surface area contributed by atoms with E-state index >= 15 is 0 Å². The minimum Gasteiger partial charge on any atom is -0.539 e. The molecule has 0 saturated heterocycles. The lowest BCUT2D eigenvalue weighted by Crippen LogP contribution is -2.90. The van der Waals surface area contributed by atoms with E-state index in [1.807, 2.05) is 37.3 Å². The van der Waals surface area contributed by atoms with Gasteiger partial charge >= 0.3 is 11.7 Å². The molecule has 2 rings (SSSR count). The van der Waals surface area contributed by atoms with Crippen LogP contribution in [-0.2, 0) is 9.59 Å². The van der Waals surface area contributed by atoms with E-state index in [1.165, 1.54) is 19.2 Å². The van der Waals surface area contributed by atoms with Gasteiger partial charge in [0, 0.05) is 25.1 Å². The summed E-state index contributed by atoms with van der Waals surface area (Å²) in [5.74, 6) is -3.49. The summed E-state index contributed by atoms with van der Waals surface area (Å²) in [5, 5.41) is 42.8. The van der Waals surface area contributed by atoms with Crippen LogP contribution < -0.4 is 20.5 Å². The Morgan fingerprint density at radius 3 is 2.41 bits per heavy atom. The maximum Gasteiger partial charge on any atom is 0.351 e. The van der Waals surface area contributed by atoms with Crippen molar-refractivity contribution in [3.8, 4) is 5.88 Å². The monoisotopic (exact) mass is 450 g/mol. The van der Waals surface area contributed by atoms with Crippen LogP contribution in [-0.4, -0.2) is 58.3 Å². The third-order valence-electron chi connectivity index (χ3n) is 4.28. The van der Waals surface area contributed by atoms with E-state index in [9.17, 15) is 15.2 Å². The summed E-state index contributed by atoms with van der Waals surface area (Å²) in [6, 6.07) is 12.4. The molecule has 0 fully saturated rings. The Morgan fingerprint density at radius 1 is 1.25 bits per heavy atom. The van der Waals surface area contributed by atoms with Gasteiger partial charge in [-0.05, 0) is 12.5 Å². The van der Waals surface area contributed by atoms with E-state index in [1.54, 1.807) is 0 Å². The molecule has 0 aliphatic heterocycles. The molecule has 1 heterocycles. The highest BCUT2D eigenvalue weighted by molar-refractivity contribution is 6.26. The number of carbonyl (C=O) groups excluding carboxylic acids is 1. The van der Waals surface area contributed by atoms with Crippen LogP contribution in [0.4, 0.5) is 11.5 Å². The predicted molar refractivity (Wildman–Crippen MR) is 111 cm³/mol. The third-order valence-corrected chi connectivity index (χ3v) is 4.28. The summed E-state index contributed by atoms with van der Waals surface area (Å²) < 4.78 is 5.01. The van der Waals surface area contributed by atoms with Crippen molar-refractivity contribution in [2.75, 3.05) is 25.5 Å². The van der Waals surface area contributed by atoms with E-state index in [4.69, 9.17) is 24.5 Å². The normalized spacial score (nSPS) is 12.0. The number of aliphatic hydroxyl groups is 1. The molecule has 1 aromatic carbocycles. The summed E-state index contributed by atoms with van der Waals surface area (Å²) in [6.07, 6.45) is 0.229. The predicted octanol–water partition coefficient (Wildman–Crippen LogP) is -0.693. The van der Waals surface area contributed by atoms with Crippen LogP contribution in [0.5, 0.6) is 5.88 Å². The van der Waals surface area contributed by atoms with E-state index in [0.717, 1.165) is 18.5 Å². The number of benzene rings is 1. The number of anilines is 1. The number of ether oxygens (including phenoxy) is 1. The van der Waals surface area contributed by atoms with Crippen molar-refractivity contribution in [1.82, 2.24) is 4.98 Å². The maximum atomic E-state index is 11.1. The number of nitrogens with zero attached hydrogens (tertiary/aromatic N) is 2. The molecule has 0 saturated carbocycles. The van der Waals surface area contributed by atoms with Gasteiger partial charge in [0.15, 0.2) is 5.97 Å². The minimum atomic E-state index is -2.07. The number of methoxy groups -OCH3 is 1. The maximum absolute atomic E-state index is 11.1. The Balaban J connectivity index is 0.000000751. The number of nitro groups is 1. The molecule has 0 bridgehead atoms. The molecule has 2 aromatic rings. The summed E-state index contributed by atoms with van der Waals surface area (Å²) in [5.41, 5.74) is 0.813. The molecule has 5 N–H and O–H groups in total. The summed E-state index contributed by atoms with van der Waals surface area (Å²) >= 11 is 0. The molecule has 2 atom stereocenters. The lowest BCUT2D eigenvalue weighted by atomic mass is 10.0. The Labute approximate surface area is 184 Å². The van der Waals surface area contributed by atoms with Gasteiger partial charge in [-0.1, -0.05) is 30.3 Å². The zero-order valence-corrected chi connectivity index (χ0v) is 17.6. The average molecular weight is 450 g/mol. The molecule has 0 spiro atoms. The first-order valence-electron chi connectivity index (χ1n) is 9.61. The van der Waals surface area contributed by atoms with Gasteiger partial charge in [-0.15, -0.1) is 0 Å². The average Bonchev–Trinajstić information content (AvgIpc) is 2.78. The third kappa shape index (κ3) is 8.93. The number of hydrogen-bond acceptors (Lipinski definition) is 9. The fourth-order valence-corrected chi connectivity index (χ4v) is 2.60. The molecule has 32 heavy (non-hydrogen) atoms. The molecule has 12 nitrogen and oxygen atoms in total. The molecule has 0 aliphatic carbocycles. The van der Waals surface area contributed by atoms with Crippen molar-refractivity contribution in [2.24, 2.45) is 0 Å². The van der Waals surface area contributed by atoms with Gasteiger partial charge in [-0.3, -0.25) is 10.1 Å². The first kappa shape index (κ1) is 26.3. The van der Waals surface area contributed by atoms with Crippen LogP contribution in [0.1, 0.15) is 25.0 Å². The number of hydrogen-bond donors (Lipinski definition) is 4. The van der Waals surface area contributed by atoms with E-state index in [-0.39, 0.29) is 17.5 Å². The van der Waals surface area contributed by atoms with Gasteiger partial charge in [0.25, 0.3) is 0 Å². The Kier molecular flexibility index (Phi) is 11.1. The fraction of sp³-hybridized carbons (Fsp3) is 0.350. The molecular weight excluding hydrogens is 424 g/mol. The summed E-state index contributed by atoms with van der Waals surface area (Å²) in [6.45, 7) is 3.28. The number of nitrogens with two attached hydrogens (primary N) is 1. The lowest BCUT2D eigenvalue weighted by Gasteiger charge is -2.17. The molecule has 174 valence electrons. The van der Waals surface area contributed by atoms with Crippen molar-refractivity contribution in [3.05, 3.63) is 58.1 Å². The first-order chi connectivity index (χ1) is 15.2. The molecule has 0 amide bonds. The van der Waals surface area contributed by atoms with Crippen molar-refractivity contribution >= 4 is 23.4 Å². The van der Waals surface area contributed by atoms with Crippen LogP contribution in [0, 0.1) is 10.1 Å². The van der Waals surface area contributed by atoms with Gasteiger partial charge in [-0.25, -0.2) is 4.79 Å². The second-order valence-electron chi connectivity index (χ2n) is 6.59. The highest BCUT2D eigenvalue weighted by Crippen LogP contribution is 2.24. The molecule has 12 heteroatoms. The van der Waals surface area contributed by atoms with E-state index < -0.39 is 23.0 Å². The van der Waals surface area contributed by atoms with Crippen molar-refractivity contribution in [1.29, 1.82) is 0 Å². The number of carboxylic acids is 2. The molecule has 0 aliphatic rings. The smallest absolute Gasteiger partial charge is 0.351 e. The zero-order valence-electron chi connectivity index (χ0n) is 17.6. The van der Waals surface area contributed by atoms with Gasteiger partial charge in [-0.2, -0.15) is 4.98 Å². The van der Waals surface area contributed by atoms with Gasteiger partial charge in [0.2, 0.25) is 11.7 Å². The van der Waals surface area contributed by atoms with Crippen LogP contribution >= 0.6 is 0 Å². The second-order valence-corrected chi connectivity index (χ2v) is 6.59. The van der Waals surface area contributed by atoms with E-state index in [2.05, 4.69) is 15.6 Å². The topological polar surface area (TPSA) is 192 Å². The zero-order chi connectivity index (χ0) is 24.1. The van der Waals surface area contributed by atoms with Crippen molar-refractivity contribution in [2.45, 2.75) is 25.5 Å². The SMILES string of the molecule is COc1ccc([N+](=O)[O-])c(NCCC[NH2+]C(C)C(O)c2ccccc2)n1.O=C([O-])C(=O)O. The number of rotatable bonds is 10. The number of pyridine rings is 1. The molecule has 2 unspecified atom stereocenters. The van der Waals surface area contributed by atoms with Crippen LogP contribution in [0.3, 0.4) is 0 Å². The Bertz CT molecular complexity index is 882. The van der Waals surface area contributed by atoms with Gasteiger partial charge in [0.1, 0.15) is 12.1 Å². The number of carbonyl (C=O) groups is 2. The number of aromatic nitrogens is 1.